The number of hydrogen-bond donors (Lipinski definition) is 1. The molecule has 0 radical (unpaired) electrons. The zero-order valence-electron chi connectivity index (χ0n) is 15.2. The first-order valence-corrected chi connectivity index (χ1v) is 9.12. The van der Waals surface area contributed by atoms with Crippen molar-refractivity contribution in [2.24, 2.45) is 5.92 Å². The summed E-state index contributed by atoms with van der Waals surface area (Å²) in [4.78, 5) is 22.0. The van der Waals surface area contributed by atoms with Crippen LogP contribution in [0.1, 0.15) is 36.4 Å². The van der Waals surface area contributed by atoms with E-state index in [1.165, 1.54) is 12.1 Å². The van der Waals surface area contributed by atoms with Crippen LogP contribution in [0.5, 0.6) is 5.75 Å². The molecule has 2 aromatic carbocycles. The molecule has 4 rings (SSSR count). The van der Waals surface area contributed by atoms with Crippen molar-refractivity contribution < 1.29 is 14.6 Å². The minimum atomic E-state index is -0.429. The van der Waals surface area contributed by atoms with Gasteiger partial charge in [0.15, 0.2) is 0 Å². The Labute approximate surface area is 161 Å². The van der Waals surface area contributed by atoms with Gasteiger partial charge in [-0.15, -0.1) is 0 Å². The van der Waals surface area contributed by atoms with Gasteiger partial charge in [-0.1, -0.05) is 24.3 Å². The number of non-ortho nitro benzene ring substituents is 1. The molecular formula is C20H19N3O5. The van der Waals surface area contributed by atoms with Crippen LogP contribution in [0.4, 0.5) is 17.1 Å². The molecule has 1 heterocycles. The van der Waals surface area contributed by atoms with E-state index < -0.39 is 9.85 Å². The fourth-order valence-corrected chi connectivity index (χ4v) is 4.21. The van der Waals surface area contributed by atoms with Crippen molar-refractivity contribution in [3.63, 3.8) is 0 Å². The van der Waals surface area contributed by atoms with Crippen LogP contribution in [0.15, 0.2) is 48.6 Å². The summed E-state index contributed by atoms with van der Waals surface area (Å²) in [5.41, 5.74) is 2.00. The lowest BCUT2D eigenvalue weighted by atomic mass is 9.76. The molecule has 0 unspecified atom stereocenters. The van der Waals surface area contributed by atoms with Gasteiger partial charge < -0.3 is 10.1 Å². The first-order chi connectivity index (χ1) is 13.5. The number of allylic oxidation sites excluding steroid dienone is 2. The number of benzene rings is 2. The minimum Gasteiger partial charge on any atom is -0.494 e. The van der Waals surface area contributed by atoms with Gasteiger partial charge in [-0.3, -0.25) is 20.2 Å². The second-order valence-electron chi connectivity index (χ2n) is 6.92. The third-order valence-electron chi connectivity index (χ3n) is 5.37. The Hall–Kier alpha value is -3.42. The fourth-order valence-electron chi connectivity index (χ4n) is 4.21. The average Bonchev–Trinajstić information content (AvgIpc) is 3.17. The van der Waals surface area contributed by atoms with Crippen LogP contribution in [0.25, 0.3) is 0 Å². The van der Waals surface area contributed by atoms with Crippen molar-refractivity contribution in [2.75, 3.05) is 11.9 Å². The van der Waals surface area contributed by atoms with Crippen LogP contribution in [-0.2, 0) is 0 Å². The minimum absolute atomic E-state index is 0.00814. The summed E-state index contributed by atoms with van der Waals surface area (Å²) in [6.07, 6.45) is 4.92. The molecule has 0 amide bonds. The summed E-state index contributed by atoms with van der Waals surface area (Å²) in [6.45, 7) is 2.25. The van der Waals surface area contributed by atoms with E-state index in [1.807, 2.05) is 19.1 Å². The molecule has 0 aromatic heterocycles. The van der Waals surface area contributed by atoms with Gasteiger partial charge in [-0.25, -0.2) is 0 Å². The Morgan fingerprint density at radius 2 is 2.00 bits per heavy atom. The lowest BCUT2D eigenvalue weighted by molar-refractivity contribution is -0.384. The maximum Gasteiger partial charge on any atom is 0.296 e. The molecule has 1 aliphatic heterocycles. The van der Waals surface area contributed by atoms with Crippen molar-refractivity contribution >= 4 is 17.1 Å². The van der Waals surface area contributed by atoms with Crippen molar-refractivity contribution in [1.29, 1.82) is 0 Å². The first-order valence-electron chi connectivity index (χ1n) is 9.12. The quantitative estimate of drug-likeness (QED) is 0.456. The summed E-state index contributed by atoms with van der Waals surface area (Å²) >= 11 is 0. The summed E-state index contributed by atoms with van der Waals surface area (Å²) in [7, 11) is 0. The monoisotopic (exact) mass is 381 g/mol. The van der Waals surface area contributed by atoms with E-state index in [0.29, 0.717) is 18.0 Å². The summed E-state index contributed by atoms with van der Waals surface area (Å²) in [5, 5.41) is 26.2. The van der Waals surface area contributed by atoms with Crippen LogP contribution in [0, 0.1) is 26.1 Å². The molecule has 0 saturated carbocycles. The normalized spacial score (nSPS) is 22.1. The molecule has 144 valence electrons. The van der Waals surface area contributed by atoms with Gasteiger partial charge in [0.05, 0.1) is 28.6 Å². The number of nitro benzene ring substituents is 2. The molecule has 2 aliphatic rings. The van der Waals surface area contributed by atoms with E-state index in [0.717, 1.165) is 17.5 Å². The Morgan fingerprint density at radius 3 is 2.71 bits per heavy atom. The predicted octanol–water partition coefficient (Wildman–Crippen LogP) is 4.73. The van der Waals surface area contributed by atoms with Gasteiger partial charge in [0, 0.05) is 18.1 Å². The van der Waals surface area contributed by atoms with Crippen molar-refractivity contribution in [2.45, 2.75) is 25.3 Å². The molecule has 0 saturated heterocycles. The molecule has 8 heteroatoms. The third kappa shape index (κ3) is 2.96. The second-order valence-corrected chi connectivity index (χ2v) is 6.92. The van der Waals surface area contributed by atoms with Gasteiger partial charge in [0.1, 0.15) is 11.4 Å². The number of ether oxygens (including phenoxy) is 1. The van der Waals surface area contributed by atoms with Crippen molar-refractivity contribution in [3.05, 3.63) is 79.9 Å². The highest BCUT2D eigenvalue weighted by Gasteiger charge is 2.41. The zero-order chi connectivity index (χ0) is 19.8. The fraction of sp³-hybridized carbons (Fsp3) is 0.300. The van der Waals surface area contributed by atoms with Gasteiger partial charge in [0.25, 0.3) is 11.4 Å². The Balaban J connectivity index is 1.83. The second kappa shape index (κ2) is 6.95. The number of anilines is 1. The lowest BCUT2D eigenvalue weighted by Gasteiger charge is -2.37. The largest absolute Gasteiger partial charge is 0.494 e. The number of hydrogen-bond acceptors (Lipinski definition) is 6. The van der Waals surface area contributed by atoms with E-state index in [2.05, 4.69) is 17.5 Å². The summed E-state index contributed by atoms with van der Waals surface area (Å²) in [5.74, 6) is 0.577. The molecular weight excluding hydrogens is 362 g/mol. The Kier molecular flexibility index (Phi) is 4.46. The molecule has 2 aromatic rings. The van der Waals surface area contributed by atoms with Crippen LogP contribution in [-0.4, -0.2) is 16.5 Å². The number of nitrogens with one attached hydrogen (secondary N) is 1. The van der Waals surface area contributed by atoms with Crippen LogP contribution in [0.3, 0.4) is 0 Å². The van der Waals surface area contributed by atoms with Crippen molar-refractivity contribution in [1.82, 2.24) is 0 Å². The number of fused-ring (bicyclic) bond motifs is 3. The lowest BCUT2D eigenvalue weighted by Crippen LogP contribution is -2.29. The van der Waals surface area contributed by atoms with E-state index >= 15 is 0 Å². The van der Waals surface area contributed by atoms with Gasteiger partial charge in [-0.05, 0) is 36.5 Å². The topological polar surface area (TPSA) is 108 Å². The highest BCUT2D eigenvalue weighted by atomic mass is 16.6. The third-order valence-corrected chi connectivity index (χ3v) is 5.37. The first kappa shape index (κ1) is 18.0. The highest BCUT2D eigenvalue weighted by Crippen LogP contribution is 2.53. The van der Waals surface area contributed by atoms with Crippen molar-refractivity contribution in [3.8, 4) is 5.75 Å². The maximum absolute atomic E-state index is 11.7. The standard InChI is InChI=1S/C20H19N3O5/c1-2-28-14-10-17-15-7-4-8-16(15)19(21-20(17)18(11-14)23(26)27)12-5-3-6-13(9-12)22(24)25/h3-7,9-11,15-16,19,21H,2,8H2,1H3/t15-,16-,19-/m0/s1. The molecule has 1 N–H and O–H groups in total. The molecule has 28 heavy (non-hydrogen) atoms. The van der Waals surface area contributed by atoms with Crippen LogP contribution >= 0.6 is 0 Å². The zero-order valence-corrected chi connectivity index (χ0v) is 15.2. The van der Waals surface area contributed by atoms with E-state index in [-0.39, 0.29) is 29.3 Å². The summed E-state index contributed by atoms with van der Waals surface area (Å²) in [6, 6.07) is 9.48. The average molecular weight is 381 g/mol. The van der Waals surface area contributed by atoms with Gasteiger partial charge in [-0.2, -0.15) is 0 Å². The number of nitrogens with zero attached hydrogens (tertiary/aromatic N) is 2. The smallest absolute Gasteiger partial charge is 0.296 e. The Morgan fingerprint density at radius 1 is 1.18 bits per heavy atom. The highest BCUT2D eigenvalue weighted by molar-refractivity contribution is 5.73. The van der Waals surface area contributed by atoms with Crippen LogP contribution in [0.2, 0.25) is 0 Å². The molecule has 8 nitrogen and oxygen atoms in total. The SMILES string of the molecule is CCOc1cc2c(c([N+](=O)[O-])c1)N[C@@H](c1cccc([N+](=O)[O-])c1)[C@H]1CC=C[C@H]21. The van der Waals surface area contributed by atoms with E-state index in [9.17, 15) is 20.2 Å². The van der Waals surface area contributed by atoms with E-state index in [4.69, 9.17) is 4.74 Å². The molecule has 1 aliphatic carbocycles. The van der Waals surface area contributed by atoms with Gasteiger partial charge in [0.2, 0.25) is 0 Å². The molecule has 3 atom stereocenters. The molecule has 0 fully saturated rings. The maximum atomic E-state index is 11.7. The van der Waals surface area contributed by atoms with Gasteiger partial charge >= 0.3 is 0 Å². The molecule has 0 spiro atoms. The summed E-state index contributed by atoms with van der Waals surface area (Å²) < 4.78 is 5.53. The van der Waals surface area contributed by atoms with Crippen LogP contribution < -0.4 is 10.1 Å². The molecule has 0 bridgehead atoms. The predicted molar refractivity (Wildman–Crippen MR) is 104 cm³/mol. The number of nitro groups is 2. The van der Waals surface area contributed by atoms with E-state index in [1.54, 1.807) is 12.1 Å². The Bertz CT molecular complexity index is 988. The number of rotatable bonds is 5.